The summed E-state index contributed by atoms with van der Waals surface area (Å²) >= 11 is 0. The van der Waals surface area contributed by atoms with Crippen LogP contribution in [-0.2, 0) is 6.42 Å². The Balaban J connectivity index is 2.18. The molecule has 0 radical (unpaired) electrons. The highest BCUT2D eigenvalue weighted by Gasteiger charge is 2.22. The molecule has 2 heteroatoms. The number of hydrogen-bond acceptors (Lipinski definition) is 2. The maximum atomic E-state index is 9.32. The van der Waals surface area contributed by atoms with Crippen LogP contribution in [0.1, 0.15) is 61.6 Å². The lowest BCUT2D eigenvalue weighted by atomic mass is 9.79. The van der Waals surface area contributed by atoms with E-state index in [9.17, 15) is 5.11 Å². The van der Waals surface area contributed by atoms with Crippen molar-refractivity contribution in [2.24, 2.45) is 0 Å². The van der Waals surface area contributed by atoms with Crippen LogP contribution in [0, 0.1) is 0 Å². The molecule has 0 unspecified atom stereocenters. The third-order valence-corrected chi connectivity index (χ3v) is 5.04. The summed E-state index contributed by atoms with van der Waals surface area (Å²) in [7, 11) is 1.76. The van der Waals surface area contributed by atoms with Crippen LogP contribution in [0.4, 0.5) is 0 Å². The Hall–Kier alpha value is -1.54. The van der Waals surface area contributed by atoms with Gasteiger partial charge >= 0.3 is 0 Å². The van der Waals surface area contributed by atoms with Crippen LogP contribution in [0.3, 0.4) is 0 Å². The molecule has 0 aliphatic heterocycles. The summed E-state index contributed by atoms with van der Waals surface area (Å²) in [5.41, 5.74) is 4.18. The smallest absolute Gasteiger partial charge is 0.122 e. The van der Waals surface area contributed by atoms with E-state index in [1.54, 1.807) is 7.11 Å². The van der Waals surface area contributed by atoms with E-state index in [2.05, 4.69) is 38.1 Å². The first-order valence-corrected chi connectivity index (χ1v) is 8.40. The molecule has 0 aromatic heterocycles. The van der Waals surface area contributed by atoms with Crippen LogP contribution in [0.25, 0.3) is 10.8 Å². The summed E-state index contributed by atoms with van der Waals surface area (Å²) in [5, 5.41) is 12.0. The van der Waals surface area contributed by atoms with Crippen molar-refractivity contribution in [1.82, 2.24) is 0 Å². The van der Waals surface area contributed by atoms with Gasteiger partial charge in [0.2, 0.25) is 0 Å². The van der Waals surface area contributed by atoms with Gasteiger partial charge < -0.3 is 9.84 Å². The maximum absolute atomic E-state index is 9.32. The van der Waals surface area contributed by atoms with E-state index < -0.39 is 0 Å². The predicted octanol–water partition coefficient (Wildman–Crippen LogP) is 4.77. The van der Waals surface area contributed by atoms with Crippen molar-refractivity contribution in [3.8, 4) is 5.75 Å². The molecule has 118 valence electrons. The lowest BCUT2D eigenvalue weighted by Crippen LogP contribution is -2.11. The van der Waals surface area contributed by atoms with Crippen LogP contribution in [0.5, 0.6) is 5.75 Å². The minimum Gasteiger partial charge on any atom is -0.496 e. The Morgan fingerprint density at radius 3 is 2.77 bits per heavy atom. The molecule has 0 amide bonds. The second kappa shape index (κ2) is 6.29. The van der Waals surface area contributed by atoms with Crippen molar-refractivity contribution in [3.63, 3.8) is 0 Å². The molecule has 3 rings (SSSR count). The molecule has 0 bridgehead atoms. The van der Waals surface area contributed by atoms with Crippen LogP contribution in [0.15, 0.2) is 24.3 Å². The largest absolute Gasteiger partial charge is 0.496 e. The van der Waals surface area contributed by atoms with E-state index in [-0.39, 0.29) is 6.61 Å². The number of rotatable bonds is 4. The van der Waals surface area contributed by atoms with Gasteiger partial charge in [-0.05, 0) is 77.1 Å². The summed E-state index contributed by atoms with van der Waals surface area (Å²) in [6.07, 6.45) is 4.42. The highest BCUT2D eigenvalue weighted by atomic mass is 16.5. The number of hydrogen-bond donors (Lipinski definition) is 1. The second-order valence-electron chi connectivity index (χ2n) is 6.70. The van der Waals surface area contributed by atoms with E-state index in [4.69, 9.17) is 4.74 Å². The van der Waals surface area contributed by atoms with Gasteiger partial charge in [0.1, 0.15) is 5.75 Å². The fourth-order valence-electron chi connectivity index (χ4n) is 3.87. The molecular formula is C20H26O2. The zero-order valence-electron chi connectivity index (χ0n) is 13.9. The van der Waals surface area contributed by atoms with E-state index >= 15 is 0 Å². The van der Waals surface area contributed by atoms with Crippen LogP contribution in [-0.4, -0.2) is 18.8 Å². The topological polar surface area (TPSA) is 29.5 Å². The van der Waals surface area contributed by atoms with Crippen molar-refractivity contribution < 1.29 is 9.84 Å². The van der Waals surface area contributed by atoms with Gasteiger partial charge in [0.15, 0.2) is 0 Å². The lowest BCUT2D eigenvalue weighted by Gasteiger charge is -2.27. The van der Waals surface area contributed by atoms with Gasteiger partial charge in [0.05, 0.1) is 7.11 Å². The average Bonchev–Trinajstić information content (AvgIpc) is 2.53. The first-order valence-electron chi connectivity index (χ1n) is 8.40. The third kappa shape index (κ3) is 2.61. The first kappa shape index (κ1) is 15.4. The van der Waals surface area contributed by atoms with Gasteiger partial charge in [-0.15, -0.1) is 0 Å². The van der Waals surface area contributed by atoms with E-state index in [0.717, 1.165) is 18.6 Å². The molecule has 1 atom stereocenters. The normalized spacial score (nSPS) is 17.8. The summed E-state index contributed by atoms with van der Waals surface area (Å²) < 4.78 is 5.64. The molecule has 2 aromatic rings. The van der Waals surface area contributed by atoms with Crippen LogP contribution >= 0.6 is 0 Å². The van der Waals surface area contributed by atoms with Gasteiger partial charge in [-0.25, -0.2) is 0 Å². The van der Waals surface area contributed by atoms with Crippen molar-refractivity contribution in [2.75, 3.05) is 13.7 Å². The SMILES string of the molecule is COc1cc2c3c(ccc2cc1C(C)C)[C@@H](CCO)CCC3. The van der Waals surface area contributed by atoms with Crippen molar-refractivity contribution in [2.45, 2.75) is 51.4 Å². The molecule has 22 heavy (non-hydrogen) atoms. The standard InChI is InChI=1S/C20H26O2/c1-13(2)18-11-15-7-8-16-14(9-10-21)5-4-6-17(16)19(15)12-20(18)22-3/h7-8,11-14,21H,4-6,9-10H2,1-3H3/t14-/m1/s1. The summed E-state index contributed by atoms with van der Waals surface area (Å²) in [4.78, 5) is 0. The number of benzene rings is 2. The Kier molecular flexibility index (Phi) is 4.39. The number of ether oxygens (including phenoxy) is 1. The summed E-state index contributed by atoms with van der Waals surface area (Å²) in [5.74, 6) is 1.96. The number of methoxy groups -OCH3 is 1. The van der Waals surface area contributed by atoms with Crippen molar-refractivity contribution >= 4 is 10.8 Å². The van der Waals surface area contributed by atoms with Gasteiger partial charge in [0.25, 0.3) is 0 Å². The van der Waals surface area contributed by atoms with Gasteiger partial charge in [-0.1, -0.05) is 26.0 Å². The predicted molar refractivity (Wildman–Crippen MR) is 92.0 cm³/mol. The molecule has 1 aliphatic rings. The zero-order chi connectivity index (χ0) is 15.7. The molecule has 0 spiro atoms. The van der Waals surface area contributed by atoms with E-state index in [0.29, 0.717) is 11.8 Å². The van der Waals surface area contributed by atoms with Crippen molar-refractivity contribution in [3.05, 3.63) is 41.0 Å². The average molecular weight is 298 g/mol. The fraction of sp³-hybridized carbons (Fsp3) is 0.500. The molecule has 0 fully saturated rings. The monoisotopic (exact) mass is 298 g/mol. The molecule has 0 saturated heterocycles. The Morgan fingerprint density at radius 1 is 1.27 bits per heavy atom. The van der Waals surface area contributed by atoms with Crippen molar-refractivity contribution in [1.29, 1.82) is 0 Å². The molecule has 0 heterocycles. The minimum atomic E-state index is 0.276. The van der Waals surface area contributed by atoms with E-state index in [1.807, 2.05) is 0 Å². The van der Waals surface area contributed by atoms with Gasteiger partial charge in [-0.2, -0.15) is 0 Å². The van der Waals surface area contributed by atoms with Crippen LogP contribution in [0.2, 0.25) is 0 Å². The Bertz CT molecular complexity index is 673. The fourth-order valence-corrected chi connectivity index (χ4v) is 3.87. The molecule has 1 N–H and O–H groups in total. The first-order chi connectivity index (χ1) is 10.7. The Morgan fingerprint density at radius 2 is 2.09 bits per heavy atom. The quantitative estimate of drug-likeness (QED) is 0.880. The third-order valence-electron chi connectivity index (χ3n) is 5.04. The van der Waals surface area contributed by atoms with Crippen LogP contribution < -0.4 is 4.74 Å². The minimum absolute atomic E-state index is 0.276. The number of aryl methyl sites for hydroxylation is 1. The maximum Gasteiger partial charge on any atom is 0.122 e. The summed E-state index contributed by atoms with van der Waals surface area (Å²) in [6.45, 7) is 4.69. The van der Waals surface area contributed by atoms with Gasteiger partial charge in [-0.3, -0.25) is 0 Å². The highest BCUT2D eigenvalue weighted by Crippen LogP contribution is 2.40. The lowest BCUT2D eigenvalue weighted by molar-refractivity contribution is 0.269. The van der Waals surface area contributed by atoms with E-state index in [1.165, 1.54) is 40.3 Å². The molecule has 1 aliphatic carbocycles. The number of aliphatic hydroxyl groups excluding tert-OH is 1. The number of fused-ring (bicyclic) bond motifs is 3. The Labute approximate surface area is 133 Å². The second-order valence-corrected chi connectivity index (χ2v) is 6.70. The molecule has 2 aromatic carbocycles. The zero-order valence-corrected chi connectivity index (χ0v) is 13.9. The molecule has 0 saturated carbocycles. The summed E-state index contributed by atoms with van der Waals surface area (Å²) in [6, 6.07) is 9.04. The molecular weight excluding hydrogens is 272 g/mol. The molecule has 2 nitrogen and oxygen atoms in total. The van der Waals surface area contributed by atoms with Gasteiger partial charge in [0, 0.05) is 6.61 Å². The number of aliphatic hydroxyl groups is 1. The highest BCUT2D eigenvalue weighted by molar-refractivity contribution is 5.89.